The van der Waals surface area contributed by atoms with Gasteiger partial charge < -0.3 is 28.8 Å². The van der Waals surface area contributed by atoms with Crippen LogP contribution in [0, 0.1) is 29.1 Å². The van der Waals surface area contributed by atoms with Crippen molar-refractivity contribution in [3.63, 3.8) is 0 Å². The molecule has 11 unspecified atom stereocenters. The molecule has 45 heavy (non-hydrogen) atoms. The van der Waals surface area contributed by atoms with E-state index in [1.54, 1.807) is 66.7 Å². The Balaban J connectivity index is 2.00. The van der Waals surface area contributed by atoms with Crippen LogP contribution in [0.5, 0.6) is 0 Å². The Morgan fingerprint density at radius 1 is 0.911 bits per heavy atom. The largest absolute Gasteiger partial charge is 0.461 e. The van der Waals surface area contributed by atoms with E-state index in [0.29, 0.717) is 16.7 Å². The highest BCUT2D eigenvalue weighted by Crippen LogP contribution is 2.69. The average Bonchev–Trinajstić information content (AvgIpc) is 3.80. The van der Waals surface area contributed by atoms with E-state index in [1.807, 2.05) is 6.92 Å². The number of allylic oxidation sites excluding steroid dienone is 2. The van der Waals surface area contributed by atoms with Crippen molar-refractivity contribution < 1.29 is 52.8 Å². The molecule has 0 aromatic heterocycles. The maximum atomic E-state index is 14.5. The zero-order valence-corrected chi connectivity index (χ0v) is 27.8. The summed E-state index contributed by atoms with van der Waals surface area (Å²) in [5.74, 6) is -5.36. The van der Waals surface area contributed by atoms with E-state index in [0.717, 1.165) is 0 Å². The summed E-state index contributed by atoms with van der Waals surface area (Å²) >= 11 is 0. The highest BCUT2D eigenvalue weighted by atomic mass is 16.7. The number of ether oxygens (including phenoxy) is 5. The molecule has 0 spiro atoms. The van der Waals surface area contributed by atoms with Gasteiger partial charge in [0.25, 0.3) is 0 Å². The molecule has 1 aliphatic heterocycles. The fraction of sp³-hybridized carbons (Fsp3) is 0.676. The zero-order chi connectivity index (χ0) is 33.8. The molecule has 1 heterocycles. The minimum Gasteiger partial charge on any atom is -0.461 e. The molecule has 1 saturated heterocycles. The van der Waals surface area contributed by atoms with E-state index in [1.165, 1.54) is 13.8 Å². The highest BCUT2D eigenvalue weighted by Gasteiger charge is 2.84. The molecule has 11 nitrogen and oxygen atoms in total. The van der Waals surface area contributed by atoms with Crippen molar-refractivity contribution in [2.45, 2.75) is 111 Å². The molecule has 2 saturated carbocycles. The summed E-state index contributed by atoms with van der Waals surface area (Å²) in [6.45, 7) is 15.7. The second kappa shape index (κ2) is 12.1. The molecule has 0 radical (unpaired) electrons. The Morgan fingerprint density at radius 2 is 1.44 bits per heavy atom. The Morgan fingerprint density at radius 3 is 1.96 bits per heavy atom. The summed E-state index contributed by atoms with van der Waals surface area (Å²) in [7, 11) is 0. The quantitative estimate of drug-likeness (QED) is 0.144. The summed E-state index contributed by atoms with van der Waals surface area (Å²) in [5, 5.41) is 10.7. The molecule has 3 fully saturated rings. The molecular weight excluding hydrogens is 584 g/mol. The van der Waals surface area contributed by atoms with Crippen molar-refractivity contribution in [2.75, 3.05) is 6.61 Å². The van der Waals surface area contributed by atoms with Gasteiger partial charge in [-0.25, -0.2) is 9.59 Å². The SMILES string of the molecule is CC=C(C)C(=O)OC1C(C)=CC23OC2(CC(C)C3OC(C)=O)C(=O)C(C)C(OC(C)=O)C2C(C1OC(=O)C(C)=CC)C2(C)CO. The normalized spacial score (nSPS) is 40.9. The van der Waals surface area contributed by atoms with Crippen LogP contribution < -0.4 is 0 Å². The molecule has 11 atom stereocenters. The van der Waals surface area contributed by atoms with Gasteiger partial charge >= 0.3 is 23.9 Å². The topological polar surface area (TPSA) is 155 Å². The number of epoxide rings is 1. The fourth-order valence-electron chi connectivity index (χ4n) is 7.71. The number of fused-ring (bicyclic) bond motifs is 1. The first-order chi connectivity index (χ1) is 21.0. The van der Waals surface area contributed by atoms with Crippen LogP contribution in [0.4, 0.5) is 0 Å². The Bertz CT molecular complexity index is 1380. The number of hydrogen-bond acceptors (Lipinski definition) is 11. The van der Waals surface area contributed by atoms with Crippen LogP contribution in [-0.2, 0) is 47.7 Å². The molecule has 4 aliphatic rings. The van der Waals surface area contributed by atoms with Gasteiger partial charge in [-0.3, -0.25) is 14.4 Å². The van der Waals surface area contributed by atoms with Crippen LogP contribution in [-0.4, -0.2) is 77.0 Å². The van der Waals surface area contributed by atoms with Crippen LogP contribution in [0.3, 0.4) is 0 Å². The number of carbonyl (C=O) groups is 5. The lowest BCUT2D eigenvalue weighted by Crippen LogP contribution is -2.43. The number of carbonyl (C=O) groups excluding carboxylic acids is 5. The fourth-order valence-corrected chi connectivity index (χ4v) is 7.71. The van der Waals surface area contributed by atoms with E-state index in [-0.39, 0.29) is 24.7 Å². The maximum absolute atomic E-state index is 14.5. The van der Waals surface area contributed by atoms with E-state index < -0.39 is 82.7 Å². The average molecular weight is 631 g/mol. The second-order valence-electron chi connectivity index (χ2n) is 13.4. The Labute approximate surface area is 264 Å². The molecule has 248 valence electrons. The van der Waals surface area contributed by atoms with E-state index in [2.05, 4.69) is 0 Å². The van der Waals surface area contributed by atoms with E-state index >= 15 is 0 Å². The second-order valence-corrected chi connectivity index (χ2v) is 13.4. The van der Waals surface area contributed by atoms with Crippen LogP contribution in [0.15, 0.2) is 34.9 Å². The summed E-state index contributed by atoms with van der Waals surface area (Å²) in [5.41, 5.74) is -2.74. The third-order valence-electron chi connectivity index (χ3n) is 10.4. The summed E-state index contributed by atoms with van der Waals surface area (Å²) < 4.78 is 30.2. The predicted octanol–water partition coefficient (Wildman–Crippen LogP) is 3.56. The van der Waals surface area contributed by atoms with Gasteiger partial charge in [-0.05, 0) is 58.6 Å². The molecule has 4 rings (SSSR count). The minimum absolute atomic E-state index is 0.233. The first-order valence-corrected chi connectivity index (χ1v) is 15.5. The van der Waals surface area contributed by atoms with Crippen molar-refractivity contribution in [1.82, 2.24) is 0 Å². The van der Waals surface area contributed by atoms with Crippen molar-refractivity contribution in [1.29, 1.82) is 0 Å². The molecule has 1 N–H and O–H groups in total. The van der Waals surface area contributed by atoms with Crippen LogP contribution in [0.25, 0.3) is 0 Å². The predicted molar refractivity (Wildman–Crippen MR) is 160 cm³/mol. The summed E-state index contributed by atoms with van der Waals surface area (Å²) in [6.07, 6.45) is 0.850. The number of rotatable bonds is 7. The van der Waals surface area contributed by atoms with Crippen molar-refractivity contribution in [3.8, 4) is 0 Å². The molecule has 11 heteroatoms. The number of Topliss-reactive ketones (excluding diaryl/α,β-unsaturated/α-hetero) is 1. The van der Waals surface area contributed by atoms with Gasteiger partial charge in [0.05, 0.1) is 5.92 Å². The number of ketones is 1. The van der Waals surface area contributed by atoms with Gasteiger partial charge in [0.2, 0.25) is 0 Å². The summed E-state index contributed by atoms with van der Waals surface area (Å²) in [6, 6.07) is 0. The lowest BCUT2D eigenvalue weighted by Gasteiger charge is -2.31. The third kappa shape index (κ3) is 5.56. The molecule has 0 aromatic rings. The smallest absolute Gasteiger partial charge is 0.334 e. The van der Waals surface area contributed by atoms with E-state index in [9.17, 15) is 29.1 Å². The highest BCUT2D eigenvalue weighted by molar-refractivity contribution is 5.96. The zero-order valence-electron chi connectivity index (χ0n) is 27.8. The standard InChI is InChI=1S/C34H46O11/c1-11-16(3)30(39)43-25-18(5)13-34-29(42-22(9)37)19(6)14-33(34,45-34)28(38)20(7)26(41-21(8)36)23-24(32(23,10)15-35)27(25)44-31(40)17(4)12-2/h11-13,19-20,23-27,29,35H,14-15H2,1-10H3. The molecule has 0 bridgehead atoms. The Hall–Kier alpha value is -3.31. The lowest BCUT2D eigenvalue weighted by atomic mass is 9.80. The number of aliphatic hydroxyl groups excluding tert-OH is 1. The lowest BCUT2D eigenvalue weighted by molar-refractivity contribution is -0.164. The van der Waals surface area contributed by atoms with Crippen molar-refractivity contribution in [3.05, 3.63) is 34.9 Å². The number of aliphatic hydroxyl groups is 1. The number of hydrogen-bond donors (Lipinski definition) is 1. The van der Waals surface area contributed by atoms with Gasteiger partial charge in [-0.15, -0.1) is 0 Å². The maximum Gasteiger partial charge on any atom is 0.334 e. The first-order valence-electron chi connectivity index (χ1n) is 15.5. The molecule has 3 aliphatic carbocycles. The summed E-state index contributed by atoms with van der Waals surface area (Å²) in [4.78, 5) is 65.9. The minimum atomic E-state index is -1.41. The van der Waals surface area contributed by atoms with Crippen LogP contribution in [0.1, 0.15) is 75.7 Å². The van der Waals surface area contributed by atoms with Gasteiger partial charge in [0.1, 0.15) is 18.3 Å². The van der Waals surface area contributed by atoms with Gasteiger partial charge in [0, 0.05) is 48.9 Å². The first kappa shape index (κ1) is 34.6. The molecule has 0 aromatic carbocycles. The van der Waals surface area contributed by atoms with E-state index in [4.69, 9.17) is 23.7 Å². The molecule has 0 amide bonds. The monoisotopic (exact) mass is 630 g/mol. The van der Waals surface area contributed by atoms with Gasteiger partial charge in [-0.2, -0.15) is 0 Å². The number of esters is 4. The van der Waals surface area contributed by atoms with Crippen molar-refractivity contribution >= 4 is 29.7 Å². The van der Waals surface area contributed by atoms with Gasteiger partial charge in [-0.1, -0.05) is 32.9 Å². The van der Waals surface area contributed by atoms with Crippen LogP contribution >= 0.6 is 0 Å². The molecular formula is C34H46O11. The van der Waals surface area contributed by atoms with Crippen molar-refractivity contribution in [2.24, 2.45) is 29.1 Å². The van der Waals surface area contributed by atoms with Gasteiger partial charge in [0.15, 0.2) is 23.1 Å². The van der Waals surface area contributed by atoms with Crippen LogP contribution in [0.2, 0.25) is 0 Å². The Kier molecular flexibility index (Phi) is 9.32. The third-order valence-corrected chi connectivity index (χ3v) is 10.4.